The van der Waals surface area contributed by atoms with Gasteiger partial charge in [0.15, 0.2) is 17.6 Å². The number of carbonyl (C=O) groups is 2. The Kier molecular flexibility index (Phi) is 12.2. The third kappa shape index (κ3) is 9.53. The highest BCUT2D eigenvalue weighted by Crippen LogP contribution is 2.59. The van der Waals surface area contributed by atoms with E-state index in [1.807, 2.05) is 20.8 Å². The highest BCUT2D eigenvalue weighted by Gasteiger charge is 2.56. The molecule has 4 atom stereocenters. The Bertz CT molecular complexity index is 1310. The van der Waals surface area contributed by atoms with Gasteiger partial charge < -0.3 is 14.6 Å². The second-order valence-corrected chi connectivity index (χ2v) is 10.7. The second kappa shape index (κ2) is 15.1. The van der Waals surface area contributed by atoms with Crippen LogP contribution in [0.5, 0.6) is 5.88 Å². The zero-order valence-electron chi connectivity index (χ0n) is 23.6. The third-order valence-corrected chi connectivity index (χ3v) is 6.96. The summed E-state index contributed by atoms with van der Waals surface area (Å²) in [7, 11) is 0. The quantitative estimate of drug-likeness (QED) is 0.262. The van der Waals surface area contributed by atoms with E-state index in [2.05, 4.69) is 31.2 Å². The summed E-state index contributed by atoms with van der Waals surface area (Å²) in [5.74, 6) is 1.42. The summed E-state index contributed by atoms with van der Waals surface area (Å²) < 4.78 is 40.1. The first-order valence-electron chi connectivity index (χ1n) is 12.7. The molecule has 3 heterocycles. The number of hydrogen-bond acceptors (Lipinski definition) is 9. The molecular weight excluding hydrogens is 556 g/mol. The predicted octanol–water partition coefficient (Wildman–Crippen LogP) is 5.52. The lowest BCUT2D eigenvalue weighted by atomic mass is 10.0. The molecular formula is C28H33F2N5O5S. The summed E-state index contributed by atoms with van der Waals surface area (Å²) >= 11 is 1.43. The maximum absolute atomic E-state index is 14.8. The summed E-state index contributed by atoms with van der Waals surface area (Å²) in [5.41, 5.74) is -0.137. The number of hydrogen-bond donors (Lipinski definition) is 2. The molecule has 41 heavy (non-hydrogen) atoms. The van der Waals surface area contributed by atoms with Gasteiger partial charge in [-0.1, -0.05) is 38.5 Å². The van der Waals surface area contributed by atoms with E-state index in [0.29, 0.717) is 10.7 Å². The fraction of sp³-hybridized carbons (Fsp3) is 0.429. The van der Waals surface area contributed by atoms with Gasteiger partial charge in [-0.15, -0.1) is 6.42 Å². The molecule has 220 valence electrons. The largest absolute Gasteiger partial charge is 0.483 e. The molecule has 0 saturated heterocycles. The van der Waals surface area contributed by atoms with Crippen LogP contribution in [-0.4, -0.2) is 55.2 Å². The van der Waals surface area contributed by atoms with Crippen molar-refractivity contribution in [2.75, 3.05) is 6.61 Å². The highest BCUT2D eigenvalue weighted by atomic mass is 32.2. The van der Waals surface area contributed by atoms with E-state index in [-0.39, 0.29) is 47.3 Å². The Morgan fingerprint density at radius 3 is 2.51 bits per heavy atom. The van der Waals surface area contributed by atoms with Crippen LogP contribution in [0.4, 0.5) is 13.6 Å². The minimum atomic E-state index is -0.697. The number of rotatable bonds is 5. The van der Waals surface area contributed by atoms with E-state index < -0.39 is 29.5 Å². The molecule has 10 nitrogen and oxygen atoms in total. The van der Waals surface area contributed by atoms with Gasteiger partial charge in [0.1, 0.15) is 11.3 Å². The lowest BCUT2D eigenvalue weighted by molar-refractivity contribution is -0.122. The summed E-state index contributed by atoms with van der Waals surface area (Å²) in [5, 5.41) is 10.1. The van der Waals surface area contributed by atoms with Crippen molar-refractivity contribution in [1.82, 2.24) is 20.3 Å². The van der Waals surface area contributed by atoms with Crippen LogP contribution in [-0.2, 0) is 9.53 Å². The smallest absolute Gasteiger partial charge is 0.413 e. The Balaban J connectivity index is 0.00000110. The second-order valence-electron chi connectivity index (χ2n) is 9.50. The lowest BCUT2D eigenvalue weighted by Crippen LogP contribution is -2.36. The number of alkyl carbamates (subject to hydrolysis) is 1. The minimum Gasteiger partial charge on any atom is -0.483 e. The monoisotopic (exact) mass is 589 g/mol. The van der Waals surface area contributed by atoms with Crippen LogP contribution in [0, 0.1) is 30.1 Å². The van der Waals surface area contributed by atoms with Gasteiger partial charge in [-0.05, 0) is 44.4 Å². The number of halogens is 2. The van der Waals surface area contributed by atoms with Crippen LogP contribution < -0.4 is 10.1 Å². The molecule has 0 spiro atoms. The molecule has 13 heteroatoms. The Hall–Kier alpha value is -4.05. The number of nitrogens with zero attached hydrogens (tertiary/aromatic N) is 4. The molecule has 2 aliphatic rings. The van der Waals surface area contributed by atoms with Crippen LogP contribution >= 0.6 is 11.8 Å². The molecule has 2 aromatic rings. The topological polar surface area (TPSA) is 136 Å². The molecule has 4 unspecified atom stereocenters. The predicted molar refractivity (Wildman–Crippen MR) is 153 cm³/mol. The van der Waals surface area contributed by atoms with Crippen molar-refractivity contribution in [3.05, 3.63) is 47.4 Å². The summed E-state index contributed by atoms with van der Waals surface area (Å²) in [6, 6.07) is 0.935. The van der Waals surface area contributed by atoms with Crippen molar-refractivity contribution in [3.63, 3.8) is 0 Å². The van der Waals surface area contributed by atoms with Crippen LogP contribution in [0.2, 0.25) is 0 Å². The van der Waals surface area contributed by atoms with E-state index in [4.69, 9.17) is 25.8 Å². The Morgan fingerprint density at radius 1 is 1.24 bits per heavy atom. The molecule has 2 aromatic heterocycles. The first kappa shape index (κ1) is 33.2. The Morgan fingerprint density at radius 2 is 1.93 bits per heavy atom. The van der Waals surface area contributed by atoms with Crippen LogP contribution in [0.25, 0.3) is 11.9 Å². The van der Waals surface area contributed by atoms with Gasteiger partial charge in [-0.2, -0.15) is 4.39 Å². The number of carboxylic acid groups (broad SMARTS) is 1. The van der Waals surface area contributed by atoms with E-state index in [0.717, 1.165) is 0 Å². The fourth-order valence-electron chi connectivity index (χ4n) is 3.83. The number of pyridine rings is 1. The van der Waals surface area contributed by atoms with Gasteiger partial charge >= 0.3 is 6.09 Å². The van der Waals surface area contributed by atoms with E-state index in [1.165, 1.54) is 42.5 Å². The number of thioether (sulfide) groups is 1. The summed E-state index contributed by atoms with van der Waals surface area (Å²) in [6.07, 6.45) is 9.39. The third-order valence-electron chi connectivity index (χ3n) is 5.52. The Labute approximate surface area is 242 Å². The van der Waals surface area contributed by atoms with Gasteiger partial charge in [0, 0.05) is 22.9 Å². The number of nitrogens with one attached hydrogen (secondary N) is 1. The maximum Gasteiger partial charge on any atom is 0.413 e. The molecule has 1 fully saturated rings. The normalized spacial score (nSPS) is 20.8. The zero-order chi connectivity index (χ0) is 30.7. The standard InChI is InChI=1S/C25H25F2N5O3S.C2H6.CH2O2/c1-6-7-34-18-12-28-17(11-29-18)16(26)9-14-8-15(22(27)30-10-14)20-19-13(2)21(19)36-23(31-20)32-24(33)35-25(3,4)5;1-2;2-1-3/h1,8-13,19-21H,7H2,2-5H3,(H,31,32,33);1-2H3;1H,(H,2,3)/b16-9-;;. The molecule has 1 aliphatic carbocycles. The number of ether oxygens (including phenoxy) is 2. The molecule has 1 amide bonds. The van der Waals surface area contributed by atoms with Gasteiger partial charge in [0.05, 0.1) is 18.4 Å². The summed E-state index contributed by atoms with van der Waals surface area (Å²) in [4.78, 5) is 36.9. The van der Waals surface area contributed by atoms with E-state index in [1.54, 1.807) is 20.8 Å². The molecule has 2 N–H and O–H groups in total. The zero-order valence-corrected chi connectivity index (χ0v) is 24.4. The molecule has 1 aliphatic heterocycles. The van der Waals surface area contributed by atoms with Gasteiger partial charge in [-0.3, -0.25) is 15.1 Å². The molecule has 0 aromatic carbocycles. The number of aliphatic imine (C=N–C) groups is 1. The SMILES string of the molecule is C#CCOc1cnc(/C(F)=C/c2cnc(F)c(C3N=C(NC(=O)OC(C)(C)C)SC4C(C)C34)c2)cn1.CC.O=CO. The van der Waals surface area contributed by atoms with E-state index >= 15 is 0 Å². The fourth-order valence-corrected chi connectivity index (χ4v) is 5.26. The number of terminal acetylenes is 1. The number of amides is 1. The molecule has 0 bridgehead atoms. The first-order valence-corrected chi connectivity index (χ1v) is 13.6. The van der Waals surface area contributed by atoms with Crippen molar-refractivity contribution in [1.29, 1.82) is 0 Å². The lowest BCUT2D eigenvalue weighted by Gasteiger charge is -2.23. The van der Waals surface area contributed by atoms with Crippen molar-refractivity contribution in [2.24, 2.45) is 16.8 Å². The molecule has 1 saturated carbocycles. The number of fused-ring (bicyclic) bond motifs is 1. The van der Waals surface area contributed by atoms with Crippen molar-refractivity contribution in [2.45, 2.75) is 58.4 Å². The highest BCUT2D eigenvalue weighted by molar-refractivity contribution is 8.14. The van der Waals surface area contributed by atoms with Crippen LogP contribution in [0.1, 0.15) is 64.4 Å². The van der Waals surface area contributed by atoms with Gasteiger partial charge in [0.25, 0.3) is 6.47 Å². The van der Waals surface area contributed by atoms with Gasteiger partial charge in [-0.25, -0.2) is 24.1 Å². The average Bonchev–Trinajstić information content (AvgIpc) is 3.58. The number of aromatic nitrogens is 3. The minimum absolute atomic E-state index is 0.0218. The molecule has 0 radical (unpaired) electrons. The van der Waals surface area contributed by atoms with Crippen LogP contribution in [0.3, 0.4) is 0 Å². The first-order chi connectivity index (χ1) is 19.5. The number of carbonyl (C=O) groups excluding carboxylic acids is 1. The number of amidine groups is 1. The van der Waals surface area contributed by atoms with Gasteiger partial charge in [0.2, 0.25) is 11.8 Å². The summed E-state index contributed by atoms with van der Waals surface area (Å²) in [6.45, 7) is 11.1. The van der Waals surface area contributed by atoms with Crippen molar-refractivity contribution < 1.29 is 33.0 Å². The maximum atomic E-state index is 14.8. The average molecular weight is 590 g/mol. The van der Waals surface area contributed by atoms with Crippen molar-refractivity contribution in [3.8, 4) is 18.2 Å². The van der Waals surface area contributed by atoms with Crippen molar-refractivity contribution >= 4 is 41.4 Å². The van der Waals surface area contributed by atoms with E-state index in [9.17, 15) is 13.6 Å². The molecule has 4 rings (SSSR count). The van der Waals surface area contributed by atoms with Crippen LogP contribution in [0.15, 0.2) is 29.6 Å².